The first-order chi connectivity index (χ1) is 7.25. The van der Waals surface area contributed by atoms with Crippen molar-refractivity contribution in [3.05, 3.63) is 41.6 Å². The number of carbonyl (C=O) groups excluding carboxylic acids is 1. The van der Waals surface area contributed by atoms with E-state index in [0.29, 0.717) is 18.6 Å². The average Bonchev–Trinajstić information content (AvgIpc) is 2.25. The van der Waals surface area contributed by atoms with Crippen LogP contribution in [0.2, 0.25) is 0 Å². The zero-order chi connectivity index (χ0) is 10.7. The van der Waals surface area contributed by atoms with Gasteiger partial charge in [0.15, 0.2) is 0 Å². The van der Waals surface area contributed by atoms with Gasteiger partial charge in [-0.3, -0.25) is 4.79 Å². The zero-order valence-corrected chi connectivity index (χ0v) is 8.94. The van der Waals surface area contributed by atoms with Crippen LogP contribution in [0.25, 0.3) is 6.08 Å². The molecule has 0 aromatic heterocycles. The van der Waals surface area contributed by atoms with Crippen LogP contribution < -0.4 is 0 Å². The van der Waals surface area contributed by atoms with E-state index in [-0.39, 0.29) is 0 Å². The van der Waals surface area contributed by atoms with E-state index < -0.39 is 0 Å². The van der Waals surface area contributed by atoms with Crippen molar-refractivity contribution in [3.8, 4) is 0 Å². The lowest BCUT2D eigenvalue weighted by Crippen LogP contribution is -2.28. The maximum absolute atomic E-state index is 11.3. The molecule has 0 unspecified atom stereocenters. The van der Waals surface area contributed by atoms with E-state index in [1.165, 1.54) is 0 Å². The number of piperidine rings is 1. The lowest BCUT2D eigenvalue weighted by atomic mass is 10.0. The van der Waals surface area contributed by atoms with E-state index in [9.17, 15) is 4.79 Å². The summed E-state index contributed by atoms with van der Waals surface area (Å²) in [6.45, 7) is 0.845. The van der Waals surface area contributed by atoms with Crippen molar-refractivity contribution in [2.24, 2.45) is 0 Å². The molecule has 0 amide bonds. The first kappa shape index (κ1) is 9.97. The second kappa shape index (κ2) is 4.30. The number of ketones is 1. The molecule has 1 saturated heterocycles. The van der Waals surface area contributed by atoms with Gasteiger partial charge in [0.25, 0.3) is 0 Å². The monoisotopic (exact) mass is 201 g/mol. The van der Waals surface area contributed by atoms with Gasteiger partial charge in [-0.25, -0.2) is 0 Å². The molecule has 0 atom stereocenters. The summed E-state index contributed by atoms with van der Waals surface area (Å²) in [7, 11) is 2.04. The highest BCUT2D eigenvalue weighted by Crippen LogP contribution is 2.18. The van der Waals surface area contributed by atoms with Gasteiger partial charge < -0.3 is 4.90 Å². The molecule has 1 aromatic carbocycles. The molecular weight excluding hydrogens is 186 g/mol. The van der Waals surface area contributed by atoms with Gasteiger partial charge in [-0.05, 0) is 11.6 Å². The fraction of sp³-hybridized carbons (Fsp3) is 0.308. The number of carbonyl (C=O) groups is 1. The smallest absolute Gasteiger partial charge is 0.140 e. The Labute approximate surface area is 90.2 Å². The average molecular weight is 201 g/mol. The van der Waals surface area contributed by atoms with Crippen molar-refractivity contribution >= 4 is 11.9 Å². The summed E-state index contributed by atoms with van der Waals surface area (Å²) in [5.41, 5.74) is 2.28. The van der Waals surface area contributed by atoms with Crippen LogP contribution in [-0.4, -0.2) is 24.3 Å². The molecule has 1 aliphatic rings. The van der Waals surface area contributed by atoms with Gasteiger partial charge in [0.2, 0.25) is 0 Å². The van der Waals surface area contributed by atoms with Crippen LogP contribution in [0.3, 0.4) is 0 Å². The number of allylic oxidation sites excluding steroid dienone is 1. The van der Waals surface area contributed by atoms with E-state index in [2.05, 4.69) is 23.1 Å². The van der Waals surface area contributed by atoms with Gasteiger partial charge in [-0.2, -0.15) is 0 Å². The van der Waals surface area contributed by atoms with Crippen molar-refractivity contribution < 1.29 is 4.79 Å². The first-order valence-electron chi connectivity index (χ1n) is 5.24. The zero-order valence-electron chi connectivity index (χ0n) is 8.94. The Balaban J connectivity index is 2.21. The highest BCUT2D eigenvalue weighted by Gasteiger charge is 2.16. The van der Waals surface area contributed by atoms with Crippen molar-refractivity contribution in [2.75, 3.05) is 13.6 Å². The largest absolute Gasteiger partial charge is 0.377 e. The Morgan fingerprint density at radius 2 is 2.00 bits per heavy atom. The van der Waals surface area contributed by atoms with E-state index in [4.69, 9.17) is 0 Å². The maximum Gasteiger partial charge on any atom is 0.140 e. The van der Waals surface area contributed by atoms with E-state index in [1.807, 2.05) is 25.2 Å². The summed E-state index contributed by atoms with van der Waals surface area (Å²) in [4.78, 5) is 13.5. The summed E-state index contributed by atoms with van der Waals surface area (Å²) in [5.74, 6) is 0.343. The van der Waals surface area contributed by atoms with Gasteiger partial charge in [0.1, 0.15) is 5.78 Å². The summed E-state index contributed by atoms with van der Waals surface area (Å²) >= 11 is 0. The van der Waals surface area contributed by atoms with Crippen molar-refractivity contribution in [2.45, 2.75) is 12.8 Å². The predicted molar refractivity (Wildman–Crippen MR) is 61.3 cm³/mol. The van der Waals surface area contributed by atoms with Gasteiger partial charge in [0.05, 0.1) is 0 Å². The molecular formula is C13H15NO. The van der Waals surface area contributed by atoms with Crippen LogP contribution >= 0.6 is 0 Å². The third-order valence-corrected chi connectivity index (χ3v) is 2.73. The van der Waals surface area contributed by atoms with Crippen LogP contribution in [-0.2, 0) is 4.79 Å². The van der Waals surface area contributed by atoms with Gasteiger partial charge >= 0.3 is 0 Å². The maximum atomic E-state index is 11.3. The minimum absolute atomic E-state index is 0.343. The molecule has 1 fully saturated rings. The molecule has 2 heteroatoms. The molecule has 0 aliphatic carbocycles. The molecule has 0 spiro atoms. The number of Topliss-reactive ketones (excluding diaryl/α,β-unsaturated/α-hetero) is 1. The van der Waals surface area contributed by atoms with Crippen LogP contribution in [0, 0.1) is 0 Å². The Morgan fingerprint density at radius 3 is 2.73 bits per heavy atom. The molecule has 1 heterocycles. The molecule has 2 rings (SSSR count). The molecule has 1 aliphatic heterocycles. The Morgan fingerprint density at radius 1 is 1.27 bits per heavy atom. The quantitative estimate of drug-likeness (QED) is 0.695. The normalized spacial score (nSPS) is 19.7. The molecule has 0 N–H and O–H groups in total. The van der Waals surface area contributed by atoms with Crippen molar-refractivity contribution in [1.29, 1.82) is 0 Å². The highest BCUT2D eigenvalue weighted by molar-refractivity contribution is 5.83. The van der Waals surface area contributed by atoms with Gasteiger partial charge in [0, 0.05) is 32.1 Å². The lowest BCUT2D eigenvalue weighted by Gasteiger charge is -2.26. The number of rotatable bonds is 1. The number of hydrogen-bond acceptors (Lipinski definition) is 2. The number of benzene rings is 1. The number of nitrogens with zero attached hydrogens (tertiary/aromatic N) is 1. The molecule has 15 heavy (non-hydrogen) atoms. The minimum atomic E-state index is 0.343. The van der Waals surface area contributed by atoms with Gasteiger partial charge in [-0.1, -0.05) is 30.3 Å². The predicted octanol–water partition coefficient (Wildman–Crippen LogP) is 2.32. The van der Waals surface area contributed by atoms with E-state index in [1.54, 1.807) is 0 Å². The Kier molecular flexibility index (Phi) is 2.86. The van der Waals surface area contributed by atoms with Gasteiger partial charge in [-0.15, -0.1) is 0 Å². The highest BCUT2D eigenvalue weighted by atomic mass is 16.1. The van der Waals surface area contributed by atoms with Crippen LogP contribution in [0.4, 0.5) is 0 Å². The van der Waals surface area contributed by atoms with E-state index in [0.717, 1.165) is 17.8 Å². The topological polar surface area (TPSA) is 20.3 Å². The van der Waals surface area contributed by atoms with Crippen molar-refractivity contribution in [1.82, 2.24) is 4.90 Å². The SMILES string of the molecule is CN1CCC(=O)C/C1=C\c1ccccc1. The summed E-state index contributed by atoms with van der Waals surface area (Å²) in [6, 6.07) is 10.1. The molecule has 0 saturated carbocycles. The molecule has 0 radical (unpaired) electrons. The third-order valence-electron chi connectivity index (χ3n) is 2.73. The lowest BCUT2D eigenvalue weighted by molar-refractivity contribution is -0.120. The summed E-state index contributed by atoms with van der Waals surface area (Å²) in [6.07, 6.45) is 3.35. The second-order valence-electron chi connectivity index (χ2n) is 3.93. The molecule has 2 nitrogen and oxygen atoms in total. The first-order valence-corrected chi connectivity index (χ1v) is 5.24. The fourth-order valence-electron chi connectivity index (χ4n) is 1.76. The Bertz CT molecular complexity index is 381. The summed E-state index contributed by atoms with van der Waals surface area (Å²) < 4.78 is 0. The molecule has 78 valence electrons. The van der Waals surface area contributed by atoms with Crippen molar-refractivity contribution in [3.63, 3.8) is 0 Å². The van der Waals surface area contributed by atoms with Crippen LogP contribution in [0.15, 0.2) is 36.0 Å². The minimum Gasteiger partial charge on any atom is -0.377 e. The number of hydrogen-bond donors (Lipinski definition) is 0. The Hall–Kier alpha value is -1.57. The van der Waals surface area contributed by atoms with Crippen LogP contribution in [0.1, 0.15) is 18.4 Å². The fourth-order valence-corrected chi connectivity index (χ4v) is 1.76. The molecule has 1 aromatic rings. The molecule has 0 bridgehead atoms. The number of likely N-dealkylation sites (tertiary alicyclic amines) is 1. The summed E-state index contributed by atoms with van der Waals surface area (Å²) in [5, 5.41) is 0. The standard InChI is InChI=1S/C13H15NO/c1-14-8-7-13(15)10-12(14)9-11-5-3-2-4-6-11/h2-6,9H,7-8,10H2,1H3/b12-9+. The second-order valence-corrected chi connectivity index (χ2v) is 3.93. The van der Waals surface area contributed by atoms with E-state index >= 15 is 0 Å². The third kappa shape index (κ3) is 2.46. The van der Waals surface area contributed by atoms with Crippen LogP contribution in [0.5, 0.6) is 0 Å².